The summed E-state index contributed by atoms with van der Waals surface area (Å²) in [4.78, 5) is 35.1. The fraction of sp³-hybridized carbons (Fsp3) is 0.444. The van der Waals surface area contributed by atoms with E-state index in [1.54, 1.807) is 62.4 Å². The SMILES string of the molecule is CCO/N=C(/CC)C1=C([O-])CC(c2ccc(NS(C)(=O)=O)cc2)CC1=O.CCO/N=C(/CC)C1=C([O-])CC(c2ccc(NS(C)(=O)=O)cc2)CC1=O.[Ca+2]. The van der Waals surface area contributed by atoms with Crippen LogP contribution in [0.4, 0.5) is 11.4 Å². The fourth-order valence-corrected chi connectivity index (χ4v) is 6.94. The molecule has 0 heterocycles. The van der Waals surface area contributed by atoms with Crippen molar-refractivity contribution >= 4 is 92.1 Å². The first-order chi connectivity index (χ1) is 24.5. The second kappa shape index (κ2) is 20.9. The van der Waals surface area contributed by atoms with Crippen molar-refractivity contribution in [3.63, 3.8) is 0 Å². The summed E-state index contributed by atoms with van der Waals surface area (Å²) in [5, 5.41) is 32.8. The molecule has 2 aliphatic rings. The van der Waals surface area contributed by atoms with Crippen molar-refractivity contribution in [2.45, 2.75) is 78.1 Å². The van der Waals surface area contributed by atoms with Gasteiger partial charge in [-0.25, -0.2) is 16.8 Å². The number of hydrogen-bond acceptors (Lipinski definition) is 12. The number of allylic oxidation sites excluding steroid dienone is 4. The Morgan fingerprint density at radius 3 is 1.21 bits per heavy atom. The van der Waals surface area contributed by atoms with Crippen molar-refractivity contribution in [2.24, 2.45) is 10.3 Å². The minimum absolute atomic E-state index is 0. The van der Waals surface area contributed by atoms with Gasteiger partial charge >= 0.3 is 37.7 Å². The largest absolute Gasteiger partial charge is 2.00 e. The second-order valence-corrected chi connectivity index (χ2v) is 15.8. The molecule has 2 N–H and O–H groups in total. The maximum atomic E-state index is 12.5. The number of sulfonamides is 2. The summed E-state index contributed by atoms with van der Waals surface area (Å²) >= 11 is 0. The van der Waals surface area contributed by atoms with Gasteiger partial charge in [0.1, 0.15) is 13.2 Å². The Morgan fingerprint density at radius 2 is 0.962 bits per heavy atom. The summed E-state index contributed by atoms with van der Waals surface area (Å²) in [7, 11) is -6.69. The first kappa shape index (κ1) is 45.7. The number of Topliss-reactive ketones (excluding diaryl/α,β-unsaturated/α-hetero) is 2. The number of carbonyl (C=O) groups is 2. The van der Waals surface area contributed by atoms with Gasteiger partial charge in [-0.15, -0.1) is 11.5 Å². The van der Waals surface area contributed by atoms with Crippen molar-refractivity contribution in [1.82, 2.24) is 0 Å². The third kappa shape index (κ3) is 14.0. The fourth-order valence-electron chi connectivity index (χ4n) is 5.81. The van der Waals surface area contributed by atoms with Gasteiger partial charge in [0, 0.05) is 35.4 Å². The van der Waals surface area contributed by atoms with Crippen molar-refractivity contribution < 1.29 is 46.3 Å². The Hall–Kier alpha value is -3.44. The van der Waals surface area contributed by atoms with E-state index in [2.05, 4.69) is 19.8 Å². The van der Waals surface area contributed by atoms with E-state index in [1.807, 2.05) is 13.8 Å². The molecule has 0 fully saturated rings. The number of rotatable bonds is 14. The van der Waals surface area contributed by atoms with Crippen LogP contribution in [0, 0.1) is 0 Å². The van der Waals surface area contributed by atoms with Gasteiger partial charge in [-0.2, -0.15) is 0 Å². The molecule has 0 bridgehead atoms. The molecule has 4 rings (SSSR count). The molecule has 2 aromatic carbocycles. The average Bonchev–Trinajstić information content (AvgIpc) is 3.06. The van der Waals surface area contributed by atoms with Crippen LogP contribution in [0.15, 0.2) is 81.5 Å². The van der Waals surface area contributed by atoms with E-state index in [-0.39, 0.29) is 109 Å². The number of nitrogens with zero attached hydrogens (tertiary/aromatic N) is 2. The first-order valence-electron chi connectivity index (χ1n) is 16.9. The molecule has 17 heteroatoms. The molecule has 0 radical (unpaired) electrons. The van der Waals surface area contributed by atoms with Gasteiger partial charge in [-0.1, -0.05) is 48.4 Å². The van der Waals surface area contributed by atoms with Crippen LogP contribution < -0.4 is 19.7 Å². The third-order valence-electron chi connectivity index (χ3n) is 8.07. The summed E-state index contributed by atoms with van der Waals surface area (Å²) in [6.45, 7) is 7.95. The minimum atomic E-state index is -3.35. The summed E-state index contributed by atoms with van der Waals surface area (Å²) in [6, 6.07) is 13.4. The zero-order chi connectivity index (χ0) is 38.6. The maximum Gasteiger partial charge on any atom is 2.00 e. The van der Waals surface area contributed by atoms with Gasteiger partial charge < -0.3 is 19.9 Å². The predicted molar refractivity (Wildman–Crippen MR) is 202 cm³/mol. The number of ketones is 2. The third-order valence-corrected chi connectivity index (χ3v) is 9.28. The van der Waals surface area contributed by atoms with Crippen molar-refractivity contribution in [2.75, 3.05) is 35.2 Å². The molecular formula is C36H46CaN4O10S2. The molecule has 2 aliphatic carbocycles. The van der Waals surface area contributed by atoms with Crippen LogP contribution in [0.1, 0.15) is 89.2 Å². The Bertz CT molecular complexity index is 1800. The van der Waals surface area contributed by atoms with Gasteiger partial charge in [0.05, 0.1) is 23.9 Å². The summed E-state index contributed by atoms with van der Waals surface area (Å²) < 4.78 is 49.8. The smallest absolute Gasteiger partial charge is 0.875 e. The van der Waals surface area contributed by atoms with E-state index >= 15 is 0 Å². The maximum absolute atomic E-state index is 12.5. The van der Waals surface area contributed by atoms with E-state index < -0.39 is 20.0 Å². The van der Waals surface area contributed by atoms with Gasteiger partial charge in [-0.05, 0) is 86.8 Å². The Kier molecular flexibility index (Phi) is 18.0. The van der Waals surface area contributed by atoms with Crippen LogP contribution in [0.25, 0.3) is 0 Å². The van der Waals surface area contributed by atoms with Crippen LogP contribution in [0.3, 0.4) is 0 Å². The first-order valence-corrected chi connectivity index (χ1v) is 20.7. The molecule has 0 spiro atoms. The molecule has 14 nitrogen and oxygen atoms in total. The van der Waals surface area contributed by atoms with E-state index in [4.69, 9.17) is 9.68 Å². The van der Waals surface area contributed by atoms with Crippen LogP contribution in [0.5, 0.6) is 0 Å². The van der Waals surface area contributed by atoms with Gasteiger partial charge in [0.15, 0.2) is 11.6 Å². The molecule has 0 aromatic heterocycles. The molecule has 0 saturated heterocycles. The zero-order valence-electron chi connectivity index (χ0n) is 30.9. The number of anilines is 2. The number of oxime groups is 2. The number of hydrogen-bond donors (Lipinski definition) is 2. The number of carbonyl (C=O) groups excluding carboxylic acids is 2. The standard InChI is InChI=1S/2C18H24N2O5S.Ca/c2*1-4-15(19-25-5-2)18-16(21)10-13(11-17(18)22)12-6-8-14(9-7-12)20-26(3,23)24;/h2*6-9,13,20-21H,4-5,10-11H2,1-3H3;/q;;+2/p-2/b2*19-15-;. The Morgan fingerprint density at radius 1 is 0.642 bits per heavy atom. The van der Waals surface area contributed by atoms with Crippen molar-refractivity contribution in [3.8, 4) is 0 Å². The summed E-state index contributed by atoms with van der Waals surface area (Å²) in [6.07, 6.45) is 3.90. The van der Waals surface area contributed by atoms with Crippen LogP contribution >= 0.6 is 0 Å². The summed E-state index contributed by atoms with van der Waals surface area (Å²) in [5.41, 5.74) is 3.61. The van der Waals surface area contributed by atoms with Crippen LogP contribution in [-0.2, 0) is 39.3 Å². The van der Waals surface area contributed by atoms with Crippen LogP contribution in [0.2, 0.25) is 0 Å². The molecule has 53 heavy (non-hydrogen) atoms. The van der Waals surface area contributed by atoms with Crippen molar-refractivity contribution in [1.29, 1.82) is 0 Å². The van der Waals surface area contributed by atoms with E-state index in [1.165, 1.54) is 0 Å². The van der Waals surface area contributed by atoms with E-state index in [0.29, 0.717) is 48.9 Å². The second-order valence-electron chi connectivity index (χ2n) is 12.3. The quantitative estimate of drug-likeness (QED) is 0.161. The van der Waals surface area contributed by atoms with Gasteiger partial charge in [0.25, 0.3) is 0 Å². The minimum Gasteiger partial charge on any atom is -0.875 e. The Balaban J connectivity index is 0.000000360. The molecule has 2 atom stereocenters. The normalized spacial score (nSPS) is 18.5. The van der Waals surface area contributed by atoms with E-state index in [9.17, 15) is 36.6 Å². The molecule has 0 amide bonds. The van der Waals surface area contributed by atoms with Gasteiger partial charge in [-0.3, -0.25) is 19.0 Å². The predicted octanol–water partition coefficient (Wildman–Crippen LogP) is 3.46. The van der Waals surface area contributed by atoms with Crippen molar-refractivity contribution in [3.05, 3.63) is 82.3 Å². The molecule has 2 unspecified atom stereocenters. The number of benzene rings is 2. The topological polar surface area (TPSA) is 216 Å². The summed E-state index contributed by atoms with van der Waals surface area (Å²) in [5.74, 6) is -1.38. The number of nitrogens with one attached hydrogen (secondary N) is 2. The Labute approximate surface area is 341 Å². The molecule has 0 saturated carbocycles. The molecule has 284 valence electrons. The average molecular weight is 799 g/mol. The molecular weight excluding hydrogens is 753 g/mol. The van der Waals surface area contributed by atoms with Crippen LogP contribution in [-0.4, -0.2) is 103 Å². The van der Waals surface area contributed by atoms with E-state index in [0.717, 1.165) is 23.6 Å². The monoisotopic (exact) mass is 798 g/mol. The zero-order valence-corrected chi connectivity index (χ0v) is 34.8. The molecule has 2 aromatic rings. The van der Waals surface area contributed by atoms with Gasteiger partial charge in [0.2, 0.25) is 20.0 Å². The molecule has 0 aliphatic heterocycles.